The summed E-state index contributed by atoms with van der Waals surface area (Å²) >= 11 is 0. The molecule has 1 aromatic heterocycles. The number of fused-ring (bicyclic) bond motifs is 1. The molecule has 108 valence electrons. The number of rotatable bonds is 4. The molecule has 2 aromatic rings. The van der Waals surface area contributed by atoms with Crippen LogP contribution in [0.15, 0.2) is 30.3 Å². The Morgan fingerprint density at radius 3 is 2.95 bits per heavy atom. The summed E-state index contributed by atoms with van der Waals surface area (Å²) in [6, 6.07) is 11.3. The fraction of sp³-hybridized carbons (Fsp3) is 0.333. The van der Waals surface area contributed by atoms with Crippen LogP contribution in [0.1, 0.15) is 13.2 Å². The van der Waals surface area contributed by atoms with Gasteiger partial charge in [-0.2, -0.15) is 5.26 Å². The van der Waals surface area contributed by atoms with E-state index in [0.717, 1.165) is 10.9 Å². The van der Waals surface area contributed by atoms with E-state index < -0.39 is 17.8 Å². The van der Waals surface area contributed by atoms with Gasteiger partial charge >= 0.3 is 5.97 Å². The number of carbonyl (C=O) groups is 1. The van der Waals surface area contributed by atoms with Gasteiger partial charge < -0.3 is 14.2 Å². The molecule has 6 heteroatoms. The highest BCUT2D eigenvalue weighted by molar-refractivity contribution is 5.88. The Labute approximate surface area is 121 Å². The normalized spacial score (nSPS) is 23.6. The minimum atomic E-state index is -1.59. The van der Waals surface area contributed by atoms with E-state index in [1.165, 1.54) is 7.11 Å². The Balaban J connectivity index is 2.07. The van der Waals surface area contributed by atoms with Crippen LogP contribution >= 0.6 is 0 Å². The van der Waals surface area contributed by atoms with Crippen molar-refractivity contribution >= 4 is 16.9 Å². The topological polar surface area (TPSA) is 76.8 Å². The molecule has 6 nitrogen and oxygen atoms in total. The van der Waals surface area contributed by atoms with Crippen molar-refractivity contribution in [3.63, 3.8) is 0 Å². The maximum Gasteiger partial charge on any atom is 0.358 e. The van der Waals surface area contributed by atoms with E-state index >= 15 is 0 Å². The molecule has 2 heterocycles. The monoisotopic (exact) mass is 286 g/mol. The van der Waals surface area contributed by atoms with Crippen LogP contribution in [0.25, 0.3) is 10.9 Å². The van der Waals surface area contributed by atoms with E-state index in [1.54, 1.807) is 11.5 Å². The average molecular weight is 286 g/mol. The van der Waals surface area contributed by atoms with Crippen molar-refractivity contribution in [3.05, 3.63) is 30.3 Å². The van der Waals surface area contributed by atoms with E-state index in [2.05, 4.69) is 0 Å². The maximum absolute atomic E-state index is 12.0. The molecule has 0 bridgehead atoms. The number of hydrogen-bond acceptors (Lipinski definition) is 5. The van der Waals surface area contributed by atoms with Crippen molar-refractivity contribution < 1.29 is 19.0 Å². The average Bonchev–Trinajstić information content (AvgIpc) is 3.13. The van der Waals surface area contributed by atoms with Gasteiger partial charge in [-0.15, -0.1) is 0 Å². The second-order valence-electron chi connectivity index (χ2n) is 4.65. The van der Waals surface area contributed by atoms with Gasteiger partial charge in [-0.1, -0.05) is 18.2 Å². The number of carbonyl (C=O) groups excluding carboxylic acids is 1. The van der Waals surface area contributed by atoms with Crippen molar-refractivity contribution in [2.75, 3.05) is 13.7 Å². The highest BCUT2D eigenvalue weighted by Crippen LogP contribution is 2.50. The van der Waals surface area contributed by atoms with Crippen molar-refractivity contribution in [1.29, 1.82) is 5.26 Å². The van der Waals surface area contributed by atoms with Gasteiger partial charge in [-0.3, -0.25) is 4.57 Å². The molecule has 0 radical (unpaired) electrons. The van der Waals surface area contributed by atoms with E-state index in [0.29, 0.717) is 5.88 Å². The summed E-state index contributed by atoms with van der Waals surface area (Å²) in [5, 5.41) is 10.3. The Bertz CT molecular complexity index is 746. The molecule has 1 aromatic carbocycles. The minimum absolute atomic E-state index is 0.196. The first-order valence-corrected chi connectivity index (χ1v) is 6.58. The summed E-state index contributed by atoms with van der Waals surface area (Å²) in [6.07, 6.45) is -0.739. The summed E-state index contributed by atoms with van der Waals surface area (Å²) in [4.78, 5) is 12.0. The lowest BCUT2D eigenvalue weighted by Crippen LogP contribution is -2.27. The van der Waals surface area contributed by atoms with E-state index in [4.69, 9.17) is 14.2 Å². The first-order chi connectivity index (χ1) is 10.2. The Kier molecular flexibility index (Phi) is 3.07. The Morgan fingerprint density at radius 1 is 1.52 bits per heavy atom. The van der Waals surface area contributed by atoms with Crippen LogP contribution < -0.4 is 4.74 Å². The number of epoxide rings is 1. The summed E-state index contributed by atoms with van der Waals surface area (Å²) < 4.78 is 17.4. The van der Waals surface area contributed by atoms with Crippen LogP contribution in [0.3, 0.4) is 0 Å². The maximum atomic E-state index is 12.0. The molecule has 1 saturated heterocycles. The largest absolute Gasteiger partial charge is 0.482 e. The molecular formula is C15H14N2O4. The van der Waals surface area contributed by atoms with Crippen LogP contribution in [0.2, 0.25) is 0 Å². The fourth-order valence-electron chi connectivity index (χ4n) is 2.44. The summed E-state index contributed by atoms with van der Waals surface area (Å²) in [5.41, 5.74) is -0.758. The zero-order valence-electron chi connectivity index (χ0n) is 11.7. The van der Waals surface area contributed by atoms with Crippen LogP contribution in [-0.2, 0) is 14.3 Å². The van der Waals surface area contributed by atoms with Gasteiger partial charge in [0.25, 0.3) is 5.60 Å². The molecular weight excluding hydrogens is 272 g/mol. The SMILES string of the molecule is CCOC(=O)C1(C#N)OC1n1c(OC)cc2ccccc21. The number of nitriles is 1. The highest BCUT2D eigenvalue weighted by Gasteiger charge is 2.67. The summed E-state index contributed by atoms with van der Waals surface area (Å²) in [6.45, 7) is 1.88. The predicted octanol–water partition coefficient (Wildman–Crippen LogP) is 2.00. The van der Waals surface area contributed by atoms with Gasteiger partial charge in [0, 0.05) is 11.5 Å². The number of ether oxygens (including phenoxy) is 3. The molecule has 0 saturated carbocycles. The number of para-hydroxylation sites is 1. The quantitative estimate of drug-likeness (QED) is 0.634. The van der Waals surface area contributed by atoms with Crippen molar-refractivity contribution in [1.82, 2.24) is 4.57 Å². The smallest absolute Gasteiger partial charge is 0.358 e. The molecule has 1 aliphatic rings. The second kappa shape index (κ2) is 4.79. The molecule has 1 fully saturated rings. The zero-order chi connectivity index (χ0) is 15.0. The highest BCUT2D eigenvalue weighted by atomic mass is 16.7. The molecule has 0 aliphatic carbocycles. The summed E-state index contributed by atoms with van der Waals surface area (Å²) in [7, 11) is 1.53. The van der Waals surface area contributed by atoms with E-state index in [9.17, 15) is 10.1 Å². The number of aromatic nitrogens is 1. The lowest BCUT2D eigenvalue weighted by Gasteiger charge is -2.08. The first kappa shape index (κ1) is 13.5. The lowest BCUT2D eigenvalue weighted by atomic mass is 10.1. The number of benzene rings is 1. The summed E-state index contributed by atoms with van der Waals surface area (Å²) in [5.74, 6) is -0.139. The van der Waals surface area contributed by atoms with Crippen molar-refractivity contribution in [3.8, 4) is 11.9 Å². The molecule has 0 N–H and O–H groups in total. The van der Waals surface area contributed by atoms with Crippen LogP contribution in [-0.4, -0.2) is 29.9 Å². The van der Waals surface area contributed by atoms with Crippen LogP contribution in [0, 0.1) is 11.3 Å². The third kappa shape index (κ3) is 1.86. The van der Waals surface area contributed by atoms with Gasteiger partial charge in [0.15, 0.2) is 12.1 Å². The van der Waals surface area contributed by atoms with Gasteiger partial charge in [-0.05, 0) is 13.0 Å². The molecule has 1 aliphatic heterocycles. The second-order valence-corrected chi connectivity index (χ2v) is 4.65. The number of nitrogens with zero attached hydrogens (tertiary/aromatic N) is 2. The van der Waals surface area contributed by atoms with Gasteiger partial charge in [0.05, 0.1) is 19.2 Å². The van der Waals surface area contributed by atoms with E-state index in [1.807, 2.05) is 36.4 Å². The number of methoxy groups -OCH3 is 1. The third-order valence-electron chi connectivity index (χ3n) is 3.49. The van der Waals surface area contributed by atoms with Gasteiger partial charge in [-0.25, -0.2) is 4.79 Å². The Hall–Kier alpha value is -2.52. The number of esters is 1. The fourth-order valence-corrected chi connectivity index (χ4v) is 2.44. The Morgan fingerprint density at radius 2 is 2.29 bits per heavy atom. The zero-order valence-corrected chi connectivity index (χ0v) is 11.7. The van der Waals surface area contributed by atoms with Gasteiger partial charge in [0.2, 0.25) is 0 Å². The van der Waals surface area contributed by atoms with Crippen LogP contribution in [0.5, 0.6) is 5.88 Å². The lowest BCUT2D eigenvalue weighted by molar-refractivity contribution is -0.147. The molecule has 2 unspecified atom stereocenters. The molecule has 21 heavy (non-hydrogen) atoms. The minimum Gasteiger partial charge on any atom is -0.482 e. The van der Waals surface area contributed by atoms with Crippen molar-refractivity contribution in [2.24, 2.45) is 0 Å². The first-order valence-electron chi connectivity index (χ1n) is 6.58. The molecule has 2 atom stereocenters. The standard InChI is InChI=1S/C15H14N2O4/c1-3-20-14(18)15(9-16)13(21-15)17-11-7-5-4-6-10(11)8-12(17)19-2/h4-8,13H,3H2,1-2H3. The number of hydrogen-bond donors (Lipinski definition) is 0. The molecule has 0 spiro atoms. The molecule has 0 amide bonds. The predicted molar refractivity (Wildman–Crippen MR) is 73.6 cm³/mol. The third-order valence-corrected chi connectivity index (χ3v) is 3.49. The molecule has 3 rings (SSSR count). The van der Waals surface area contributed by atoms with E-state index in [-0.39, 0.29) is 6.61 Å². The van der Waals surface area contributed by atoms with Gasteiger partial charge in [0.1, 0.15) is 6.07 Å². The van der Waals surface area contributed by atoms with Crippen molar-refractivity contribution in [2.45, 2.75) is 18.8 Å². The van der Waals surface area contributed by atoms with Crippen LogP contribution in [0.4, 0.5) is 0 Å².